The summed E-state index contributed by atoms with van der Waals surface area (Å²) in [6.07, 6.45) is 5.57. The van der Waals surface area contributed by atoms with Crippen LogP contribution in [0.5, 0.6) is 0 Å². The normalized spacial score (nSPS) is 19.6. The minimum atomic E-state index is -0.681. The molecule has 0 aliphatic carbocycles. The first-order valence-electron chi connectivity index (χ1n) is 15.0. The summed E-state index contributed by atoms with van der Waals surface area (Å²) in [5, 5.41) is 10.6. The van der Waals surface area contributed by atoms with Crippen LogP contribution < -0.4 is 21.3 Å². The van der Waals surface area contributed by atoms with E-state index in [1.807, 2.05) is 6.07 Å². The lowest BCUT2D eigenvalue weighted by molar-refractivity contribution is 0.0904. The van der Waals surface area contributed by atoms with Crippen molar-refractivity contribution in [3.8, 4) is 11.5 Å². The summed E-state index contributed by atoms with van der Waals surface area (Å²) in [4.78, 5) is 29.5. The average Bonchev–Trinajstić information content (AvgIpc) is 3.53. The van der Waals surface area contributed by atoms with Crippen molar-refractivity contribution in [1.29, 1.82) is 0 Å². The van der Waals surface area contributed by atoms with Crippen LogP contribution in [0, 0.1) is 6.92 Å². The zero-order valence-corrected chi connectivity index (χ0v) is 24.5. The molecule has 1 amide bonds. The smallest absolute Gasteiger partial charge is 0.271 e. The van der Waals surface area contributed by atoms with Crippen LogP contribution in [0.1, 0.15) is 41.7 Å². The molecule has 0 radical (unpaired) electrons. The van der Waals surface area contributed by atoms with E-state index in [9.17, 15) is 4.79 Å². The van der Waals surface area contributed by atoms with Gasteiger partial charge in [0, 0.05) is 82.0 Å². The Morgan fingerprint density at radius 2 is 1.74 bits per heavy atom. The number of nitrogens with one attached hydrogen (secondary N) is 2. The quantitative estimate of drug-likeness (QED) is 0.365. The lowest BCUT2D eigenvalue weighted by Gasteiger charge is -2.43. The third kappa shape index (κ3) is 6.35. The molecule has 12 nitrogen and oxygen atoms in total. The standard InChI is InChI=1S/C30H41N9O3/c1-20-19-22(3-4-24(20)39-11-6-23(7-12-39)38-15-13-37(2)14-16-38)34-30-27(28(31)40)35-26(25-5-10-32-42-25)29(36-30)33-21-8-17-41-18-9-21/h3-5,10,19,21,23H,6-9,11-18H2,1-2H3,(H2,31,40)(H2,33,34,36). The maximum atomic E-state index is 12.5. The van der Waals surface area contributed by atoms with Crippen LogP contribution in [0.15, 0.2) is 35.0 Å². The third-order valence-corrected chi connectivity index (χ3v) is 8.68. The number of benzene rings is 1. The summed E-state index contributed by atoms with van der Waals surface area (Å²) >= 11 is 0. The fraction of sp³-hybridized carbons (Fsp3) is 0.533. The van der Waals surface area contributed by atoms with Gasteiger partial charge in [-0.25, -0.2) is 9.97 Å². The number of hydrogen-bond donors (Lipinski definition) is 3. The number of likely N-dealkylation sites (N-methyl/N-ethyl adjacent to an activating group) is 1. The van der Waals surface area contributed by atoms with E-state index < -0.39 is 5.91 Å². The predicted octanol–water partition coefficient (Wildman–Crippen LogP) is 3.09. The van der Waals surface area contributed by atoms with Gasteiger partial charge in [-0.15, -0.1) is 0 Å². The van der Waals surface area contributed by atoms with Crippen LogP contribution in [0.4, 0.5) is 23.0 Å². The number of hydrogen-bond acceptors (Lipinski definition) is 11. The van der Waals surface area contributed by atoms with Crippen LogP contribution in [0.25, 0.3) is 11.5 Å². The highest BCUT2D eigenvalue weighted by Gasteiger charge is 2.28. The number of aromatic nitrogens is 3. The van der Waals surface area contributed by atoms with Gasteiger partial charge >= 0.3 is 0 Å². The number of primary amides is 1. The van der Waals surface area contributed by atoms with E-state index in [0.29, 0.717) is 42.3 Å². The number of rotatable bonds is 8. The molecule has 224 valence electrons. The molecule has 0 bridgehead atoms. The molecule has 3 saturated heterocycles. The monoisotopic (exact) mass is 575 g/mol. The summed E-state index contributed by atoms with van der Waals surface area (Å²) < 4.78 is 10.9. The van der Waals surface area contributed by atoms with Gasteiger partial charge in [0.05, 0.1) is 6.20 Å². The van der Waals surface area contributed by atoms with Crippen molar-refractivity contribution in [1.82, 2.24) is 24.9 Å². The van der Waals surface area contributed by atoms with Gasteiger partial charge in [0.2, 0.25) is 0 Å². The van der Waals surface area contributed by atoms with Crippen LogP contribution in [0.3, 0.4) is 0 Å². The summed E-state index contributed by atoms with van der Waals surface area (Å²) in [6, 6.07) is 8.78. The van der Waals surface area contributed by atoms with Crippen LogP contribution in [-0.2, 0) is 4.74 Å². The van der Waals surface area contributed by atoms with Gasteiger partial charge in [-0.05, 0) is 63.4 Å². The van der Waals surface area contributed by atoms with E-state index in [4.69, 9.17) is 20.0 Å². The number of carbonyl (C=O) groups excluding carboxylic acids is 1. The Morgan fingerprint density at radius 1 is 0.976 bits per heavy atom. The van der Waals surface area contributed by atoms with Gasteiger partial charge in [0.25, 0.3) is 5.91 Å². The molecule has 42 heavy (non-hydrogen) atoms. The highest BCUT2D eigenvalue weighted by molar-refractivity contribution is 5.97. The van der Waals surface area contributed by atoms with Gasteiger partial charge in [-0.2, -0.15) is 0 Å². The van der Waals surface area contributed by atoms with Crippen molar-refractivity contribution in [2.75, 3.05) is 75.1 Å². The van der Waals surface area contributed by atoms with Gasteiger partial charge in [-0.3, -0.25) is 9.69 Å². The first-order chi connectivity index (χ1) is 20.4. The van der Waals surface area contributed by atoms with E-state index in [0.717, 1.165) is 50.3 Å². The topological polar surface area (TPSA) is 138 Å². The number of anilines is 4. The third-order valence-electron chi connectivity index (χ3n) is 8.68. The van der Waals surface area contributed by atoms with Crippen LogP contribution in [0.2, 0.25) is 0 Å². The number of piperazine rings is 1. The second-order valence-electron chi connectivity index (χ2n) is 11.6. The van der Waals surface area contributed by atoms with E-state index >= 15 is 0 Å². The largest absolute Gasteiger partial charge is 0.381 e. The molecule has 0 saturated carbocycles. The lowest BCUT2D eigenvalue weighted by atomic mass is 10.0. The van der Waals surface area contributed by atoms with Crippen molar-refractivity contribution in [2.45, 2.75) is 44.7 Å². The molecule has 4 N–H and O–H groups in total. The number of amides is 1. The van der Waals surface area contributed by atoms with Crippen molar-refractivity contribution in [3.63, 3.8) is 0 Å². The summed E-state index contributed by atoms with van der Waals surface area (Å²) in [6.45, 7) is 10.2. The number of nitrogens with two attached hydrogens (primary N) is 1. The first kappa shape index (κ1) is 28.4. The molecule has 5 heterocycles. The fourth-order valence-electron chi connectivity index (χ4n) is 6.22. The van der Waals surface area contributed by atoms with E-state index in [1.54, 1.807) is 6.07 Å². The molecular weight excluding hydrogens is 534 g/mol. The number of ether oxygens (including phenoxy) is 1. The first-order valence-corrected chi connectivity index (χ1v) is 15.0. The molecule has 3 aliphatic heterocycles. The average molecular weight is 576 g/mol. The molecule has 12 heteroatoms. The molecule has 3 fully saturated rings. The highest BCUT2D eigenvalue weighted by atomic mass is 16.5. The zero-order valence-electron chi connectivity index (χ0n) is 24.5. The molecular formula is C30H41N9O3. The Hall–Kier alpha value is -3.74. The minimum absolute atomic E-state index is 0.0339. The van der Waals surface area contributed by atoms with Gasteiger partial charge in [0.15, 0.2) is 28.8 Å². The van der Waals surface area contributed by atoms with Crippen LogP contribution >= 0.6 is 0 Å². The van der Waals surface area contributed by atoms with Crippen LogP contribution in [-0.4, -0.2) is 102 Å². The number of piperidine rings is 1. The van der Waals surface area contributed by atoms with Crippen molar-refractivity contribution in [2.24, 2.45) is 5.73 Å². The highest BCUT2D eigenvalue weighted by Crippen LogP contribution is 2.32. The molecule has 0 atom stereocenters. The van der Waals surface area contributed by atoms with E-state index in [2.05, 4.69) is 61.6 Å². The zero-order chi connectivity index (χ0) is 29.1. The van der Waals surface area contributed by atoms with E-state index in [-0.39, 0.29) is 11.7 Å². The van der Waals surface area contributed by atoms with Gasteiger partial charge in [0.1, 0.15) is 0 Å². The Kier molecular flexibility index (Phi) is 8.54. The second kappa shape index (κ2) is 12.6. The van der Waals surface area contributed by atoms with Crippen molar-refractivity contribution in [3.05, 3.63) is 41.7 Å². The fourth-order valence-corrected chi connectivity index (χ4v) is 6.22. The Morgan fingerprint density at radius 3 is 2.40 bits per heavy atom. The van der Waals surface area contributed by atoms with Gasteiger partial charge in [-0.1, -0.05) is 5.16 Å². The minimum Gasteiger partial charge on any atom is -0.381 e. The summed E-state index contributed by atoms with van der Waals surface area (Å²) in [5.41, 5.74) is 9.40. The number of nitrogens with zero attached hydrogens (tertiary/aromatic N) is 6. The van der Waals surface area contributed by atoms with Crippen molar-refractivity contribution < 1.29 is 14.1 Å². The van der Waals surface area contributed by atoms with Gasteiger partial charge < -0.3 is 35.4 Å². The SMILES string of the molecule is Cc1cc(Nc2nc(NC3CCOCC3)c(-c3ccno3)nc2C(N)=O)ccc1N1CCC(N2CCN(C)CC2)CC1. The Balaban J connectivity index is 1.20. The Labute approximate surface area is 246 Å². The van der Waals surface area contributed by atoms with E-state index in [1.165, 1.54) is 37.8 Å². The predicted molar refractivity (Wildman–Crippen MR) is 162 cm³/mol. The molecule has 2 aromatic heterocycles. The second-order valence-corrected chi connectivity index (χ2v) is 11.6. The summed E-state index contributed by atoms with van der Waals surface area (Å²) in [7, 11) is 2.21. The number of carbonyl (C=O) groups is 1. The Bertz CT molecular complexity index is 1360. The molecule has 3 aromatic rings. The molecule has 6 rings (SSSR count). The molecule has 1 aromatic carbocycles. The van der Waals surface area contributed by atoms with Crippen molar-refractivity contribution >= 4 is 28.9 Å². The molecule has 0 spiro atoms. The molecule has 3 aliphatic rings. The number of aryl methyl sites for hydroxylation is 1. The summed E-state index contributed by atoms with van der Waals surface area (Å²) in [5.74, 6) is 0.519. The maximum absolute atomic E-state index is 12.5. The lowest BCUT2D eigenvalue weighted by Crippen LogP contribution is -2.52. The maximum Gasteiger partial charge on any atom is 0.271 e. The molecule has 0 unspecified atom stereocenters.